The molecule has 2 N–H and O–H groups in total. The second kappa shape index (κ2) is 5.28. The van der Waals surface area contributed by atoms with E-state index in [1.165, 1.54) is 12.1 Å². The van der Waals surface area contributed by atoms with E-state index in [1.54, 1.807) is 6.07 Å². The molecule has 1 aromatic rings. The number of rotatable bonds is 3. The highest BCUT2D eigenvalue weighted by Crippen LogP contribution is 2.36. The lowest BCUT2D eigenvalue weighted by molar-refractivity contribution is -0.384. The van der Waals surface area contributed by atoms with Gasteiger partial charge in [-0.1, -0.05) is 13.8 Å². The predicted molar refractivity (Wildman–Crippen MR) is 77.9 cm³/mol. The maximum Gasteiger partial charge on any atom is 0.296 e. The Kier molecular flexibility index (Phi) is 3.89. The number of nitro groups is 1. The van der Waals surface area contributed by atoms with E-state index >= 15 is 0 Å². The molecule has 0 saturated carbocycles. The fraction of sp³-hybridized carbons (Fsp3) is 0.538. The molecule has 0 aromatic heterocycles. The molecule has 0 bridgehead atoms. The van der Waals surface area contributed by atoms with Crippen LogP contribution < -0.4 is 5.32 Å². The number of nitrogens with zero attached hydrogens (tertiary/aromatic N) is 1. The number of phenolic OH excluding ortho intramolecular Hbond substituents is 1. The number of aromatic hydroxyl groups is 1. The van der Waals surface area contributed by atoms with Crippen LogP contribution in [0.5, 0.6) is 5.75 Å². The Hall–Kier alpha value is -1.43. The van der Waals surface area contributed by atoms with Gasteiger partial charge in [0.2, 0.25) is 0 Å². The maximum atomic E-state index is 11.0. The van der Waals surface area contributed by atoms with Gasteiger partial charge in [0.1, 0.15) is 11.4 Å². The first-order valence-electron chi connectivity index (χ1n) is 6.19. The van der Waals surface area contributed by atoms with Crippen molar-refractivity contribution in [2.75, 3.05) is 16.8 Å². The highest BCUT2D eigenvalue weighted by atomic mass is 32.2. The lowest BCUT2D eigenvalue weighted by Gasteiger charge is -2.35. The molecule has 1 fully saturated rings. The van der Waals surface area contributed by atoms with E-state index in [4.69, 9.17) is 0 Å². The number of hydrogen-bond acceptors (Lipinski definition) is 5. The molecule has 104 valence electrons. The highest BCUT2D eigenvalue weighted by Gasteiger charge is 2.29. The standard InChI is InChI=1S/C13H18N2O3S/c1-13(2)6-9(7-19-8-13)14-11-4-3-10(16)5-12(11)15(17)18/h3-5,9,14,16H,6-8H2,1-2H3. The van der Waals surface area contributed by atoms with Crippen molar-refractivity contribution >= 4 is 23.1 Å². The molecule has 5 nitrogen and oxygen atoms in total. The normalized spacial score (nSPS) is 21.9. The summed E-state index contributed by atoms with van der Waals surface area (Å²) < 4.78 is 0. The van der Waals surface area contributed by atoms with Crippen LogP contribution in [0.4, 0.5) is 11.4 Å². The van der Waals surface area contributed by atoms with Crippen molar-refractivity contribution in [3.05, 3.63) is 28.3 Å². The molecule has 2 rings (SSSR count). The van der Waals surface area contributed by atoms with Crippen molar-refractivity contribution in [1.29, 1.82) is 0 Å². The molecule has 1 aromatic carbocycles. The summed E-state index contributed by atoms with van der Waals surface area (Å²) in [5.41, 5.74) is 0.645. The van der Waals surface area contributed by atoms with E-state index in [0.29, 0.717) is 5.69 Å². The van der Waals surface area contributed by atoms with Gasteiger partial charge >= 0.3 is 0 Å². The van der Waals surface area contributed by atoms with Crippen molar-refractivity contribution in [1.82, 2.24) is 0 Å². The van der Waals surface area contributed by atoms with E-state index in [0.717, 1.165) is 17.9 Å². The zero-order chi connectivity index (χ0) is 14.0. The van der Waals surface area contributed by atoms with Crippen LogP contribution in [-0.4, -0.2) is 27.6 Å². The van der Waals surface area contributed by atoms with Gasteiger partial charge in [-0.15, -0.1) is 0 Å². The SMILES string of the molecule is CC1(C)CSCC(Nc2ccc(O)cc2[N+](=O)[O-])C1. The van der Waals surface area contributed by atoms with Crippen molar-refractivity contribution in [2.24, 2.45) is 5.41 Å². The van der Waals surface area contributed by atoms with Crippen molar-refractivity contribution in [3.63, 3.8) is 0 Å². The first kappa shape index (κ1) is 14.0. The van der Waals surface area contributed by atoms with Gasteiger partial charge in [-0.3, -0.25) is 10.1 Å². The van der Waals surface area contributed by atoms with Crippen LogP contribution in [0.15, 0.2) is 18.2 Å². The topological polar surface area (TPSA) is 75.4 Å². The third-order valence-electron chi connectivity index (χ3n) is 3.15. The Morgan fingerprint density at radius 2 is 2.26 bits per heavy atom. The lowest BCUT2D eigenvalue weighted by atomic mass is 9.87. The maximum absolute atomic E-state index is 11.0. The van der Waals surface area contributed by atoms with E-state index < -0.39 is 4.92 Å². The largest absolute Gasteiger partial charge is 0.508 e. The fourth-order valence-electron chi connectivity index (χ4n) is 2.37. The second-order valence-electron chi connectivity index (χ2n) is 5.68. The number of phenols is 1. The van der Waals surface area contributed by atoms with Crippen LogP contribution in [0.2, 0.25) is 0 Å². The summed E-state index contributed by atoms with van der Waals surface area (Å²) in [7, 11) is 0. The van der Waals surface area contributed by atoms with Gasteiger partial charge < -0.3 is 10.4 Å². The number of thioether (sulfide) groups is 1. The summed E-state index contributed by atoms with van der Waals surface area (Å²) in [4.78, 5) is 10.5. The van der Waals surface area contributed by atoms with Crippen LogP contribution in [0, 0.1) is 15.5 Å². The van der Waals surface area contributed by atoms with Gasteiger partial charge in [-0.25, -0.2) is 0 Å². The van der Waals surface area contributed by atoms with Crippen LogP contribution in [0.25, 0.3) is 0 Å². The number of nitrogens with one attached hydrogen (secondary N) is 1. The molecule has 1 aliphatic rings. The minimum atomic E-state index is -0.469. The van der Waals surface area contributed by atoms with E-state index in [9.17, 15) is 15.2 Å². The Balaban J connectivity index is 2.17. The monoisotopic (exact) mass is 282 g/mol. The molecule has 1 saturated heterocycles. The number of nitro benzene ring substituents is 1. The van der Waals surface area contributed by atoms with Gasteiger partial charge in [-0.2, -0.15) is 11.8 Å². The molecule has 0 amide bonds. The molecule has 1 unspecified atom stereocenters. The van der Waals surface area contributed by atoms with Crippen molar-refractivity contribution in [2.45, 2.75) is 26.3 Å². The summed E-state index contributed by atoms with van der Waals surface area (Å²) in [6, 6.07) is 4.44. The quantitative estimate of drug-likeness (QED) is 0.505. The molecular formula is C13H18N2O3S. The van der Waals surface area contributed by atoms with Crippen molar-refractivity contribution in [3.8, 4) is 5.75 Å². The molecule has 0 aliphatic carbocycles. The molecule has 1 aliphatic heterocycles. The summed E-state index contributed by atoms with van der Waals surface area (Å²) >= 11 is 1.86. The third-order valence-corrected chi connectivity index (χ3v) is 4.77. The summed E-state index contributed by atoms with van der Waals surface area (Å²) in [5, 5.41) is 23.6. The van der Waals surface area contributed by atoms with E-state index in [-0.39, 0.29) is 22.9 Å². The Morgan fingerprint density at radius 1 is 1.53 bits per heavy atom. The van der Waals surface area contributed by atoms with Gasteiger partial charge in [0.05, 0.1) is 11.0 Å². The highest BCUT2D eigenvalue weighted by molar-refractivity contribution is 7.99. The summed E-state index contributed by atoms with van der Waals surface area (Å²) in [6.07, 6.45) is 0.984. The van der Waals surface area contributed by atoms with E-state index in [1.807, 2.05) is 11.8 Å². The molecule has 1 atom stereocenters. The number of anilines is 1. The number of hydrogen-bond donors (Lipinski definition) is 2. The zero-order valence-electron chi connectivity index (χ0n) is 11.0. The van der Waals surface area contributed by atoms with Crippen LogP contribution >= 0.6 is 11.8 Å². The first-order chi connectivity index (χ1) is 8.87. The third kappa shape index (κ3) is 3.53. The van der Waals surface area contributed by atoms with Crippen LogP contribution in [-0.2, 0) is 0 Å². The van der Waals surface area contributed by atoms with Crippen LogP contribution in [0.3, 0.4) is 0 Å². The lowest BCUT2D eigenvalue weighted by Crippen LogP contribution is -2.35. The smallest absolute Gasteiger partial charge is 0.296 e. The number of benzene rings is 1. The Labute approximate surface area is 116 Å². The van der Waals surface area contributed by atoms with Gasteiger partial charge in [0.15, 0.2) is 0 Å². The minimum absolute atomic E-state index is 0.0756. The summed E-state index contributed by atoms with van der Waals surface area (Å²) in [6.45, 7) is 4.41. The van der Waals surface area contributed by atoms with Gasteiger partial charge in [0.25, 0.3) is 5.69 Å². The molecular weight excluding hydrogens is 264 g/mol. The minimum Gasteiger partial charge on any atom is -0.508 e. The van der Waals surface area contributed by atoms with Gasteiger partial charge in [-0.05, 0) is 29.7 Å². The van der Waals surface area contributed by atoms with E-state index in [2.05, 4.69) is 19.2 Å². The predicted octanol–water partition coefficient (Wildman–Crippen LogP) is 3.24. The fourth-order valence-corrected chi connectivity index (χ4v) is 3.64. The average Bonchev–Trinajstić information content (AvgIpc) is 2.30. The zero-order valence-corrected chi connectivity index (χ0v) is 11.9. The Morgan fingerprint density at radius 3 is 2.89 bits per heavy atom. The average molecular weight is 282 g/mol. The summed E-state index contributed by atoms with van der Waals surface area (Å²) in [5.74, 6) is 1.97. The second-order valence-corrected chi connectivity index (χ2v) is 6.71. The molecule has 0 spiro atoms. The molecule has 19 heavy (non-hydrogen) atoms. The molecule has 6 heteroatoms. The molecule has 1 heterocycles. The molecule has 0 radical (unpaired) electrons. The van der Waals surface area contributed by atoms with Gasteiger partial charge in [0, 0.05) is 11.8 Å². The van der Waals surface area contributed by atoms with Crippen LogP contribution in [0.1, 0.15) is 20.3 Å². The Bertz CT molecular complexity index is 491. The first-order valence-corrected chi connectivity index (χ1v) is 7.34. The van der Waals surface area contributed by atoms with Crippen molar-refractivity contribution < 1.29 is 10.0 Å².